The Balaban J connectivity index is 1.52. The molecule has 1 saturated heterocycles. The Morgan fingerprint density at radius 1 is 1.00 bits per heavy atom. The van der Waals surface area contributed by atoms with Gasteiger partial charge in [0, 0.05) is 32.7 Å². The minimum absolute atomic E-state index is 0.173. The van der Waals surface area contributed by atoms with Crippen molar-refractivity contribution in [1.82, 2.24) is 9.80 Å². The number of carbonyl (C=O) groups excluding carboxylic acids is 1. The Labute approximate surface area is 153 Å². The van der Waals surface area contributed by atoms with Gasteiger partial charge in [-0.1, -0.05) is 36.4 Å². The molecule has 1 amide bonds. The van der Waals surface area contributed by atoms with E-state index >= 15 is 0 Å². The van der Waals surface area contributed by atoms with Gasteiger partial charge in [0.1, 0.15) is 0 Å². The van der Waals surface area contributed by atoms with E-state index in [4.69, 9.17) is 5.11 Å². The summed E-state index contributed by atoms with van der Waals surface area (Å²) in [5, 5.41) is 9.09. The first kappa shape index (κ1) is 18.1. The summed E-state index contributed by atoms with van der Waals surface area (Å²) in [6.45, 7) is 5.77. The highest BCUT2D eigenvalue weighted by molar-refractivity contribution is 5.87. The number of benzene rings is 2. The second-order valence-corrected chi connectivity index (χ2v) is 6.77. The molecule has 2 aromatic rings. The zero-order chi connectivity index (χ0) is 18.5. The summed E-state index contributed by atoms with van der Waals surface area (Å²) in [6, 6.07) is 15.1. The minimum atomic E-state index is -0.904. The summed E-state index contributed by atoms with van der Waals surface area (Å²) in [7, 11) is 0. The summed E-state index contributed by atoms with van der Waals surface area (Å²) in [5.74, 6) is -0.731. The number of carboxylic acids is 1. The monoisotopic (exact) mass is 352 g/mol. The molecule has 0 aliphatic carbocycles. The average molecular weight is 352 g/mol. The molecule has 0 atom stereocenters. The number of amides is 1. The Bertz CT molecular complexity index is 795. The van der Waals surface area contributed by atoms with Crippen LogP contribution in [0.1, 0.15) is 27.0 Å². The summed E-state index contributed by atoms with van der Waals surface area (Å²) >= 11 is 0. The quantitative estimate of drug-likeness (QED) is 0.898. The maximum Gasteiger partial charge on any atom is 0.335 e. The molecule has 0 saturated carbocycles. The summed E-state index contributed by atoms with van der Waals surface area (Å²) in [5.41, 5.74) is 3.54. The van der Waals surface area contributed by atoms with Crippen molar-refractivity contribution in [2.75, 3.05) is 26.2 Å². The number of carbonyl (C=O) groups is 2. The number of nitrogens with zero attached hydrogens (tertiary/aromatic N) is 2. The molecule has 1 aliphatic rings. The molecule has 1 heterocycles. The van der Waals surface area contributed by atoms with Gasteiger partial charge in [-0.2, -0.15) is 0 Å². The molecule has 0 radical (unpaired) electrons. The zero-order valence-electron chi connectivity index (χ0n) is 15.0. The number of aromatic carboxylic acids is 1. The van der Waals surface area contributed by atoms with Crippen LogP contribution in [-0.4, -0.2) is 53.0 Å². The van der Waals surface area contributed by atoms with Crippen LogP contribution in [-0.2, 0) is 17.8 Å². The van der Waals surface area contributed by atoms with Gasteiger partial charge in [-0.25, -0.2) is 4.79 Å². The van der Waals surface area contributed by atoms with Crippen molar-refractivity contribution < 1.29 is 14.7 Å². The van der Waals surface area contributed by atoms with E-state index in [-0.39, 0.29) is 5.91 Å². The molecule has 0 spiro atoms. The van der Waals surface area contributed by atoms with E-state index in [1.807, 2.05) is 42.2 Å². The van der Waals surface area contributed by atoms with Crippen molar-refractivity contribution in [3.8, 4) is 0 Å². The van der Waals surface area contributed by atoms with Crippen LogP contribution >= 0.6 is 0 Å². The van der Waals surface area contributed by atoms with Crippen LogP contribution in [0.3, 0.4) is 0 Å². The first-order valence-corrected chi connectivity index (χ1v) is 8.90. The molecule has 1 fully saturated rings. The number of hydrogen-bond acceptors (Lipinski definition) is 3. The number of carboxylic acid groups (broad SMARTS) is 1. The average Bonchev–Trinajstić information content (AvgIpc) is 2.64. The maximum absolute atomic E-state index is 12.5. The van der Waals surface area contributed by atoms with Crippen molar-refractivity contribution >= 4 is 11.9 Å². The fourth-order valence-electron chi connectivity index (χ4n) is 3.30. The highest BCUT2D eigenvalue weighted by Crippen LogP contribution is 2.13. The molecule has 2 aromatic carbocycles. The van der Waals surface area contributed by atoms with Crippen LogP contribution in [0.25, 0.3) is 0 Å². The Kier molecular flexibility index (Phi) is 5.68. The summed E-state index contributed by atoms with van der Waals surface area (Å²) in [4.78, 5) is 27.8. The molecule has 5 nitrogen and oxygen atoms in total. The third kappa shape index (κ3) is 4.49. The second kappa shape index (κ2) is 8.15. The van der Waals surface area contributed by atoms with Crippen LogP contribution in [0.5, 0.6) is 0 Å². The van der Waals surface area contributed by atoms with Crippen LogP contribution in [0, 0.1) is 6.92 Å². The van der Waals surface area contributed by atoms with E-state index in [0.29, 0.717) is 31.6 Å². The summed E-state index contributed by atoms with van der Waals surface area (Å²) in [6.07, 6.45) is 0.452. The molecule has 136 valence electrons. The van der Waals surface area contributed by atoms with Gasteiger partial charge >= 0.3 is 5.97 Å². The van der Waals surface area contributed by atoms with E-state index in [2.05, 4.69) is 4.90 Å². The molecule has 5 heteroatoms. The van der Waals surface area contributed by atoms with Crippen LogP contribution < -0.4 is 0 Å². The lowest BCUT2D eigenvalue weighted by Gasteiger charge is -2.35. The predicted molar refractivity (Wildman–Crippen MR) is 100 cm³/mol. The number of piperazine rings is 1. The van der Waals surface area contributed by atoms with Crippen molar-refractivity contribution in [3.05, 3.63) is 70.8 Å². The molecule has 0 unspecified atom stereocenters. The zero-order valence-corrected chi connectivity index (χ0v) is 15.0. The van der Waals surface area contributed by atoms with E-state index in [9.17, 15) is 9.59 Å². The fraction of sp³-hybridized carbons (Fsp3) is 0.333. The van der Waals surface area contributed by atoms with Gasteiger partial charge in [0.05, 0.1) is 12.0 Å². The first-order valence-electron chi connectivity index (χ1n) is 8.90. The Morgan fingerprint density at radius 2 is 1.73 bits per heavy atom. The summed E-state index contributed by atoms with van der Waals surface area (Å²) < 4.78 is 0. The third-order valence-electron chi connectivity index (χ3n) is 4.91. The van der Waals surface area contributed by atoms with E-state index in [1.54, 1.807) is 18.2 Å². The first-order chi connectivity index (χ1) is 12.5. The predicted octanol–water partition coefficient (Wildman–Crippen LogP) is 2.58. The number of aryl methyl sites for hydroxylation is 1. The molecule has 0 bridgehead atoms. The normalized spacial score (nSPS) is 15.0. The van der Waals surface area contributed by atoms with Gasteiger partial charge in [-0.05, 0) is 35.7 Å². The van der Waals surface area contributed by atoms with Gasteiger partial charge in [-0.3, -0.25) is 9.69 Å². The minimum Gasteiger partial charge on any atom is -0.478 e. The van der Waals surface area contributed by atoms with Gasteiger partial charge in [0.2, 0.25) is 5.91 Å². The van der Waals surface area contributed by atoms with Gasteiger partial charge < -0.3 is 10.0 Å². The Morgan fingerprint density at radius 3 is 2.42 bits per heavy atom. The number of hydrogen-bond donors (Lipinski definition) is 1. The van der Waals surface area contributed by atoms with E-state index in [1.165, 1.54) is 0 Å². The molecule has 26 heavy (non-hydrogen) atoms. The van der Waals surface area contributed by atoms with E-state index < -0.39 is 5.97 Å². The van der Waals surface area contributed by atoms with Gasteiger partial charge in [-0.15, -0.1) is 0 Å². The standard InChI is InChI=1S/C21H24N2O3/c1-16-5-2-3-7-18(16)14-20(24)23-11-9-22(10-12-23)15-17-6-4-8-19(13-17)21(25)26/h2-8,13H,9-12,14-15H2,1H3,(H,25,26). The molecule has 0 aromatic heterocycles. The molecule has 1 N–H and O–H groups in total. The van der Waals surface area contributed by atoms with Gasteiger partial charge in [0.15, 0.2) is 0 Å². The smallest absolute Gasteiger partial charge is 0.335 e. The molecular formula is C21H24N2O3. The second-order valence-electron chi connectivity index (χ2n) is 6.77. The fourth-order valence-corrected chi connectivity index (χ4v) is 3.30. The molecule has 3 rings (SSSR count). The van der Waals surface area contributed by atoms with Crippen molar-refractivity contribution in [2.45, 2.75) is 19.9 Å². The largest absolute Gasteiger partial charge is 0.478 e. The SMILES string of the molecule is Cc1ccccc1CC(=O)N1CCN(Cc2cccc(C(=O)O)c2)CC1. The van der Waals surface area contributed by atoms with Crippen molar-refractivity contribution in [3.63, 3.8) is 0 Å². The highest BCUT2D eigenvalue weighted by atomic mass is 16.4. The lowest BCUT2D eigenvalue weighted by molar-refractivity contribution is -0.132. The Hall–Kier alpha value is -2.66. The van der Waals surface area contributed by atoms with Crippen LogP contribution in [0.15, 0.2) is 48.5 Å². The lowest BCUT2D eigenvalue weighted by atomic mass is 10.1. The molecular weight excluding hydrogens is 328 g/mol. The third-order valence-corrected chi connectivity index (χ3v) is 4.91. The van der Waals surface area contributed by atoms with Crippen molar-refractivity contribution in [1.29, 1.82) is 0 Å². The van der Waals surface area contributed by atoms with Crippen molar-refractivity contribution in [2.24, 2.45) is 0 Å². The number of rotatable bonds is 5. The highest BCUT2D eigenvalue weighted by Gasteiger charge is 2.21. The lowest BCUT2D eigenvalue weighted by Crippen LogP contribution is -2.48. The maximum atomic E-state index is 12.5. The molecule has 1 aliphatic heterocycles. The van der Waals surface area contributed by atoms with Crippen LogP contribution in [0.4, 0.5) is 0 Å². The van der Waals surface area contributed by atoms with Crippen LogP contribution in [0.2, 0.25) is 0 Å². The topological polar surface area (TPSA) is 60.9 Å². The van der Waals surface area contributed by atoms with Gasteiger partial charge in [0.25, 0.3) is 0 Å². The van der Waals surface area contributed by atoms with E-state index in [0.717, 1.165) is 29.8 Å².